The fourth-order valence-electron chi connectivity index (χ4n) is 5.68. The minimum atomic E-state index is -0.540. The molecule has 2 aromatic carbocycles. The van der Waals surface area contributed by atoms with Crippen molar-refractivity contribution in [3.05, 3.63) is 70.9 Å². The molecule has 2 N–H and O–H groups in total. The average molecular weight is 575 g/mol. The van der Waals surface area contributed by atoms with E-state index in [0.717, 1.165) is 54.5 Å². The van der Waals surface area contributed by atoms with Gasteiger partial charge in [0.2, 0.25) is 0 Å². The van der Waals surface area contributed by atoms with Crippen LogP contribution < -0.4 is 25.0 Å². The smallest absolute Gasteiger partial charge is 0.162 e. The summed E-state index contributed by atoms with van der Waals surface area (Å²) in [7, 11) is 5.39. The van der Waals surface area contributed by atoms with Crippen molar-refractivity contribution in [1.82, 2.24) is 4.98 Å². The summed E-state index contributed by atoms with van der Waals surface area (Å²) in [6.45, 7) is 9.60. The van der Waals surface area contributed by atoms with Gasteiger partial charge in [0.25, 0.3) is 0 Å². The van der Waals surface area contributed by atoms with Crippen molar-refractivity contribution >= 4 is 17.2 Å². The molecule has 8 heteroatoms. The van der Waals surface area contributed by atoms with Crippen LogP contribution in [0.3, 0.4) is 0 Å². The van der Waals surface area contributed by atoms with Crippen LogP contribution in [0.15, 0.2) is 48.5 Å². The number of nitrogens with one attached hydrogen (secondary N) is 2. The molecule has 226 valence electrons. The van der Waals surface area contributed by atoms with Crippen molar-refractivity contribution in [2.45, 2.75) is 65.3 Å². The summed E-state index contributed by atoms with van der Waals surface area (Å²) in [5, 5.41) is 7.41. The average Bonchev–Trinajstić information content (AvgIpc) is 3.01. The first kappa shape index (κ1) is 30.0. The predicted molar refractivity (Wildman–Crippen MR) is 169 cm³/mol. The molecule has 42 heavy (non-hydrogen) atoms. The largest absolute Gasteiger partial charge is 0.497 e. The van der Waals surface area contributed by atoms with Gasteiger partial charge in [0, 0.05) is 37.8 Å². The number of ether oxygens (including phenoxy) is 4. The van der Waals surface area contributed by atoms with E-state index in [1.807, 2.05) is 45.2 Å². The van der Waals surface area contributed by atoms with E-state index >= 15 is 0 Å². The molecule has 8 nitrogen and oxygen atoms in total. The van der Waals surface area contributed by atoms with Crippen LogP contribution in [0.2, 0.25) is 0 Å². The van der Waals surface area contributed by atoms with Gasteiger partial charge in [-0.05, 0) is 80.5 Å². The number of nitrogens with zero attached hydrogens (tertiary/aromatic N) is 2. The van der Waals surface area contributed by atoms with Gasteiger partial charge in [-0.2, -0.15) is 0 Å². The fourth-order valence-corrected chi connectivity index (χ4v) is 5.68. The summed E-state index contributed by atoms with van der Waals surface area (Å²) in [5.41, 5.74) is 6.92. The number of hydrogen-bond donors (Lipinski definition) is 2. The van der Waals surface area contributed by atoms with E-state index in [2.05, 4.69) is 46.7 Å². The number of pyridine rings is 1. The van der Waals surface area contributed by atoms with Gasteiger partial charge in [0.1, 0.15) is 17.2 Å². The molecule has 0 saturated carbocycles. The second-order valence-electron chi connectivity index (χ2n) is 12.3. The highest BCUT2D eigenvalue weighted by Gasteiger charge is 2.37. The van der Waals surface area contributed by atoms with Crippen LogP contribution >= 0.6 is 0 Å². The van der Waals surface area contributed by atoms with Gasteiger partial charge in [-0.3, -0.25) is 0 Å². The molecule has 1 fully saturated rings. The van der Waals surface area contributed by atoms with E-state index in [-0.39, 0.29) is 5.41 Å². The molecule has 0 amide bonds. The van der Waals surface area contributed by atoms with Gasteiger partial charge in [-0.25, -0.2) is 4.98 Å². The standard InChI is InChI=1S/C34H46N4O4/c1-33(2)41-22-34(3,23-42-33)21-36-30-28-9-7-8-10-29(28)37-32(31(30)35-4)38(19-24-11-15-26(39-5)16-12-24)20-25-13-17-27(40-6)18-14-25/h11-18,35H,7-10,19-23H2,1-6H3,(H,36,37). The minimum absolute atomic E-state index is 0.141. The molecule has 5 rings (SSSR count). The van der Waals surface area contributed by atoms with Gasteiger partial charge in [0.15, 0.2) is 11.6 Å². The Labute approximate surface area is 250 Å². The first-order valence-electron chi connectivity index (χ1n) is 15.0. The maximum absolute atomic E-state index is 6.05. The number of rotatable bonds is 11. The van der Waals surface area contributed by atoms with Crippen LogP contribution in [-0.4, -0.2) is 51.8 Å². The zero-order chi connectivity index (χ0) is 29.7. The van der Waals surface area contributed by atoms with Crippen LogP contribution in [0.4, 0.5) is 17.2 Å². The summed E-state index contributed by atoms with van der Waals surface area (Å²) in [6, 6.07) is 16.6. The Morgan fingerprint density at radius 2 is 1.36 bits per heavy atom. The van der Waals surface area contributed by atoms with Crippen LogP contribution in [0.1, 0.15) is 56.0 Å². The second-order valence-corrected chi connectivity index (χ2v) is 12.3. The van der Waals surface area contributed by atoms with Gasteiger partial charge < -0.3 is 34.5 Å². The Balaban J connectivity index is 1.52. The highest BCUT2D eigenvalue weighted by molar-refractivity contribution is 5.84. The second kappa shape index (κ2) is 12.8. The van der Waals surface area contributed by atoms with Gasteiger partial charge >= 0.3 is 0 Å². The molecule has 2 aliphatic rings. The van der Waals surface area contributed by atoms with Crippen LogP contribution in [0.5, 0.6) is 11.5 Å². The molecular weight excluding hydrogens is 528 g/mol. The molecule has 0 unspecified atom stereocenters. The quantitative estimate of drug-likeness (QED) is 0.272. The Kier molecular flexibility index (Phi) is 9.13. The van der Waals surface area contributed by atoms with Crippen LogP contribution in [-0.2, 0) is 35.4 Å². The van der Waals surface area contributed by atoms with Gasteiger partial charge in [-0.15, -0.1) is 0 Å². The van der Waals surface area contributed by atoms with E-state index in [1.54, 1.807) is 14.2 Å². The first-order chi connectivity index (χ1) is 20.2. The lowest BCUT2D eigenvalue weighted by molar-refractivity contribution is -0.279. The monoisotopic (exact) mass is 574 g/mol. The van der Waals surface area contributed by atoms with Crippen LogP contribution in [0.25, 0.3) is 0 Å². The highest BCUT2D eigenvalue weighted by atomic mass is 16.7. The van der Waals surface area contributed by atoms with Crippen molar-refractivity contribution in [3.8, 4) is 11.5 Å². The maximum atomic E-state index is 6.05. The Morgan fingerprint density at radius 3 is 1.88 bits per heavy atom. The zero-order valence-electron chi connectivity index (χ0n) is 26.0. The van der Waals surface area contributed by atoms with E-state index < -0.39 is 5.79 Å². The van der Waals surface area contributed by atoms with E-state index in [9.17, 15) is 0 Å². The summed E-state index contributed by atoms with van der Waals surface area (Å²) >= 11 is 0. The molecule has 3 aromatic rings. The molecule has 1 aliphatic carbocycles. The fraction of sp³-hybridized carbons (Fsp3) is 0.500. The molecule has 0 spiro atoms. The lowest BCUT2D eigenvalue weighted by Crippen LogP contribution is -2.48. The zero-order valence-corrected chi connectivity index (χ0v) is 26.0. The molecule has 1 aromatic heterocycles. The summed E-state index contributed by atoms with van der Waals surface area (Å²) in [5.74, 6) is 2.11. The molecule has 0 atom stereocenters. The van der Waals surface area contributed by atoms with Gasteiger partial charge in [-0.1, -0.05) is 31.2 Å². The lowest BCUT2D eigenvalue weighted by Gasteiger charge is -2.42. The number of methoxy groups -OCH3 is 2. The number of anilines is 3. The number of aromatic nitrogens is 1. The summed E-state index contributed by atoms with van der Waals surface area (Å²) < 4.78 is 22.9. The van der Waals surface area contributed by atoms with E-state index in [4.69, 9.17) is 23.9 Å². The molecule has 2 heterocycles. The van der Waals surface area contributed by atoms with Gasteiger partial charge in [0.05, 0.1) is 33.1 Å². The number of benzene rings is 2. The Bertz CT molecular complexity index is 1280. The lowest BCUT2D eigenvalue weighted by atomic mass is 9.90. The molecular formula is C34H46N4O4. The van der Waals surface area contributed by atoms with Crippen LogP contribution in [0, 0.1) is 5.41 Å². The topological polar surface area (TPSA) is 77.1 Å². The first-order valence-corrected chi connectivity index (χ1v) is 15.0. The predicted octanol–water partition coefficient (Wildman–Crippen LogP) is 6.43. The third kappa shape index (κ3) is 6.93. The third-order valence-electron chi connectivity index (χ3n) is 8.30. The highest BCUT2D eigenvalue weighted by Crippen LogP contribution is 2.41. The SMILES string of the molecule is CNc1c(N(Cc2ccc(OC)cc2)Cc2ccc(OC)cc2)nc2c(c1NCC1(C)COC(C)(C)OC1)CCCC2. The molecule has 0 radical (unpaired) electrons. The van der Waals surface area contributed by atoms with Crippen molar-refractivity contribution < 1.29 is 18.9 Å². The minimum Gasteiger partial charge on any atom is -0.497 e. The molecule has 0 bridgehead atoms. The third-order valence-corrected chi connectivity index (χ3v) is 8.30. The summed E-state index contributed by atoms with van der Waals surface area (Å²) in [4.78, 5) is 7.73. The van der Waals surface area contributed by atoms with Crippen molar-refractivity contribution in [1.29, 1.82) is 0 Å². The molecule has 1 saturated heterocycles. The Hall–Kier alpha value is -3.49. The number of fused-ring (bicyclic) bond motifs is 1. The van der Waals surface area contributed by atoms with Crippen molar-refractivity contribution in [2.24, 2.45) is 5.41 Å². The van der Waals surface area contributed by atoms with E-state index in [1.165, 1.54) is 28.8 Å². The van der Waals surface area contributed by atoms with E-state index in [0.29, 0.717) is 26.3 Å². The van der Waals surface area contributed by atoms with Crippen molar-refractivity contribution in [3.63, 3.8) is 0 Å². The maximum Gasteiger partial charge on any atom is 0.162 e. The summed E-state index contributed by atoms with van der Waals surface area (Å²) in [6.07, 6.45) is 4.33. The van der Waals surface area contributed by atoms with Crippen molar-refractivity contribution in [2.75, 3.05) is 56.6 Å². The molecule has 1 aliphatic heterocycles. The Morgan fingerprint density at radius 1 is 0.810 bits per heavy atom. The number of hydrogen-bond acceptors (Lipinski definition) is 8. The normalized spacial score (nSPS) is 17.2. The number of aryl methyl sites for hydroxylation is 1.